The van der Waals surface area contributed by atoms with Crippen LogP contribution in [0.3, 0.4) is 0 Å². The van der Waals surface area contributed by atoms with Gasteiger partial charge in [0.15, 0.2) is 0 Å². The number of aromatic nitrogens is 2. The number of benzene rings is 1. The van der Waals surface area contributed by atoms with E-state index in [1.807, 2.05) is 18.2 Å². The number of hydrogen-bond acceptors (Lipinski definition) is 4. The van der Waals surface area contributed by atoms with Gasteiger partial charge in [-0.05, 0) is 56.3 Å². The molecule has 1 saturated heterocycles. The molecule has 4 saturated carbocycles. The summed E-state index contributed by atoms with van der Waals surface area (Å²) in [7, 11) is 0. The topological polar surface area (TPSA) is 49.3 Å². The predicted molar refractivity (Wildman–Crippen MR) is 117 cm³/mol. The van der Waals surface area contributed by atoms with E-state index in [2.05, 4.69) is 38.0 Å². The highest BCUT2D eigenvalue weighted by Crippen LogP contribution is 2.60. The van der Waals surface area contributed by atoms with Crippen molar-refractivity contribution in [1.82, 2.24) is 14.9 Å². The minimum Gasteiger partial charge on any atom is -0.353 e. The number of nitrogens with zero attached hydrogens (tertiary/aromatic N) is 4. The van der Waals surface area contributed by atoms with Gasteiger partial charge in [-0.1, -0.05) is 30.3 Å². The van der Waals surface area contributed by atoms with Crippen LogP contribution in [0.1, 0.15) is 38.5 Å². The van der Waals surface area contributed by atoms with Crippen molar-refractivity contribution in [2.24, 2.45) is 23.2 Å². The summed E-state index contributed by atoms with van der Waals surface area (Å²) in [4.78, 5) is 27.1. The molecule has 1 amide bonds. The van der Waals surface area contributed by atoms with Crippen LogP contribution in [-0.2, 0) is 4.79 Å². The van der Waals surface area contributed by atoms with Gasteiger partial charge in [-0.15, -0.1) is 0 Å². The summed E-state index contributed by atoms with van der Waals surface area (Å²) >= 11 is 0. The van der Waals surface area contributed by atoms with E-state index >= 15 is 0 Å². The van der Waals surface area contributed by atoms with E-state index < -0.39 is 0 Å². The van der Waals surface area contributed by atoms with Crippen molar-refractivity contribution < 1.29 is 4.79 Å². The normalized spacial score (nSPS) is 32.5. The maximum Gasteiger partial charge on any atom is 0.228 e. The van der Waals surface area contributed by atoms with Crippen LogP contribution in [0, 0.1) is 23.2 Å². The minimum atomic E-state index is -0.0215. The van der Waals surface area contributed by atoms with Crippen LogP contribution in [0.15, 0.2) is 42.7 Å². The molecule has 2 heterocycles. The summed E-state index contributed by atoms with van der Waals surface area (Å²) in [5, 5.41) is 0. The molecule has 5 aliphatic rings. The van der Waals surface area contributed by atoms with Crippen molar-refractivity contribution in [3.63, 3.8) is 0 Å². The highest BCUT2D eigenvalue weighted by molar-refractivity contribution is 5.83. The molecule has 0 N–H and O–H groups in total. The molecule has 156 valence electrons. The summed E-state index contributed by atoms with van der Waals surface area (Å²) in [6.07, 6.45) is 9.29. The Hall–Kier alpha value is -2.43. The van der Waals surface area contributed by atoms with Crippen molar-refractivity contribution in [1.29, 1.82) is 0 Å². The number of piperazine rings is 1. The third kappa shape index (κ3) is 3.10. The maximum absolute atomic E-state index is 13.6. The molecule has 0 radical (unpaired) electrons. The number of rotatable bonds is 3. The molecular weight excluding hydrogens is 372 g/mol. The second kappa shape index (κ2) is 7.07. The van der Waals surface area contributed by atoms with Gasteiger partial charge in [0.25, 0.3) is 0 Å². The Morgan fingerprint density at radius 3 is 2.13 bits per heavy atom. The lowest BCUT2D eigenvalue weighted by molar-refractivity contribution is -0.158. The van der Waals surface area contributed by atoms with E-state index in [1.54, 1.807) is 6.33 Å². The van der Waals surface area contributed by atoms with E-state index in [-0.39, 0.29) is 5.41 Å². The molecule has 0 spiro atoms. The molecule has 0 atom stereocenters. The fraction of sp³-hybridized carbons (Fsp3) is 0.560. The molecule has 0 unspecified atom stereocenters. The van der Waals surface area contributed by atoms with Crippen LogP contribution in [0.2, 0.25) is 0 Å². The largest absolute Gasteiger partial charge is 0.353 e. The maximum atomic E-state index is 13.6. The Bertz CT molecular complexity index is 900. The monoisotopic (exact) mass is 402 g/mol. The second-order valence-corrected chi connectivity index (χ2v) is 10.1. The summed E-state index contributed by atoms with van der Waals surface area (Å²) < 4.78 is 0. The van der Waals surface area contributed by atoms with Crippen molar-refractivity contribution in [2.45, 2.75) is 38.5 Å². The van der Waals surface area contributed by atoms with Gasteiger partial charge in [0.1, 0.15) is 12.1 Å². The second-order valence-electron chi connectivity index (χ2n) is 10.1. The highest BCUT2D eigenvalue weighted by atomic mass is 16.2. The van der Waals surface area contributed by atoms with Crippen LogP contribution < -0.4 is 4.90 Å². The van der Waals surface area contributed by atoms with Gasteiger partial charge in [-0.25, -0.2) is 9.97 Å². The Kier molecular flexibility index (Phi) is 4.32. The Morgan fingerprint density at radius 2 is 1.50 bits per heavy atom. The molecule has 7 rings (SSSR count). The van der Waals surface area contributed by atoms with Crippen molar-refractivity contribution in [2.75, 3.05) is 31.1 Å². The summed E-state index contributed by atoms with van der Waals surface area (Å²) in [6, 6.07) is 12.3. The van der Waals surface area contributed by atoms with Gasteiger partial charge >= 0.3 is 0 Å². The summed E-state index contributed by atoms with van der Waals surface area (Å²) in [6.45, 7) is 3.32. The van der Waals surface area contributed by atoms with Crippen LogP contribution in [0.4, 0.5) is 5.82 Å². The SMILES string of the molecule is O=C(N1CCN(c2cc(-c3ccccc3)ncn2)CC1)C12CC3CC(CC(C3)C1)C2. The average Bonchev–Trinajstić information content (AvgIpc) is 2.78. The van der Waals surface area contributed by atoms with E-state index in [4.69, 9.17) is 0 Å². The lowest BCUT2D eigenvalue weighted by Gasteiger charge is -2.57. The number of amides is 1. The Labute approximate surface area is 178 Å². The first-order valence-corrected chi connectivity index (χ1v) is 11.6. The zero-order chi connectivity index (χ0) is 20.1. The number of hydrogen-bond donors (Lipinski definition) is 0. The predicted octanol–water partition coefficient (Wildman–Crippen LogP) is 4.01. The molecular formula is C25H30N4O. The molecule has 5 fully saturated rings. The van der Waals surface area contributed by atoms with E-state index in [0.29, 0.717) is 5.91 Å². The summed E-state index contributed by atoms with van der Waals surface area (Å²) in [5.74, 6) is 3.89. The molecule has 5 heteroatoms. The number of carbonyl (C=O) groups excluding carboxylic acids is 1. The first-order chi connectivity index (χ1) is 14.7. The Morgan fingerprint density at radius 1 is 0.867 bits per heavy atom. The summed E-state index contributed by atoms with van der Waals surface area (Å²) in [5.41, 5.74) is 2.04. The third-order valence-corrected chi connectivity index (χ3v) is 8.10. The molecule has 1 aromatic carbocycles. The molecule has 5 nitrogen and oxygen atoms in total. The van der Waals surface area contributed by atoms with E-state index in [9.17, 15) is 4.79 Å². The molecule has 1 aliphatic heterocycles. The zero-order valence-corrected chi connectivity index (χ0v) is 17.5. The lowest BCUT2D eigenvalue weighted by atomic mass is 9.49. The van der Waals surface area contributed by atoms with E-state index in [0.717, 1.165) is 80.3 Å². The van der Waals surface area contributed by atoms with Gasteiger partial charge in [0, 0.05) is 37.8 Å². The fourth-order valence-corrected chi connectivity index (χ4v) is 7.13. The molecule has 30 heavy (non-hydrogen) atoms. The van der Waals surface area contributed by atoms with Gasteiger partial charge in [0.2, 0.25) is 5.91 Å². The third-order valence-electron chi connectivity index (χ3n) is 8.10. The quantitative estimate of drug-likeness (QED) is 0.778. The van der Waals surface area contributed by atoms with Gasteiger partial charge < -0.3 is 9.80 Å². The van der Waals surface area contributed by atoms with Crippen molar-refractivity contribution in [3.8, 4) is 11.3 Å². The lowest BCUT2D eigenvalue weighted by Crippen LogP contribution is -2.58. The zero-order valence-electron chi connectivity index (χ0n) is 17.5. The van der Waals surface area contributed by atoms with Gasteiger partial charge in [0.05, 0.1) is 11.1 Å². The molecule has 4 aliphatic carbocycles. The standard InChI is InChI=1S/C25H30N4O/c30-24(25-14-18-10-19(15-25)12-20(11-18)16-25)29-8-6-28(7-9-29)23-13-22(26-17-27-23)21-4-2-1-3-5-21/h1-5,13,17-20H,6-12,14-16H2. The Balaban J connectivity index is 1.14. The minimum absolute atomic E-state index is 0.0215. The highest BCUT2D eigenvalue weighted by Gasteiger charge is 2.55. The van der Waals surface area contributed by atoms with Crippen molar-refractivity contribution >= 4 is 11.7 Å². The molecule has 1 aromatic heterocycles. The first kappa shape index (κ1) is 18.3. The van der Waals surface area contributed by atoms with Crippen LogP contribution in [0.25, 0.3) is 11.3 Å². The fourth-order valence-electron chi connectivity index (χ4n) is 7.13. The van der Waals surface area contributed by atoms with Crippen LogP contribution in [-0.4, -0.2) is 47.0 Å². The first-order valence-electron chi connectivity index (χ1n) is 11.6. The van der Waals surface area contributed by atoms with Gasteiger partial charge in [-0.3, -0.25) is 4.79 Å². The molecule has 4 bridgehead atoms. The number of carbonyl (C=O) groups is 1. The molecule has 2 aromatic rings. The number of anilines is 1. The smallest absolute Gasteiger partial charge is 0.228 e. The average molecular weight is 403 g/mol. The van der Waals surface area contributed by atoms with Crippen LogP contribution >= 0.6 is 0 Å². The van der Waals surface area contributed by atoms with E-state index in [1.165, 1.54) is 19.3 Å². The van der Waals surface area contributed by atoms with Crippen LogP contribution in [0.5, 0.6) is 0 Å². The van der Waals surface area contributed by atoms with Crippen molar-refractivity contribution in [3.05, 3.63) is 42.7 Å². The van der Waals surface area contributed by atoms with Gasteiger partial charge in [-0.2, -0.15) is 0 Å².